The number of sulfonamides is 1. The average molecular weight is 329 g/mol. The van der Waals surface area contributed by atoms with Gasteiger partial charge in [-0.2, -0.15) is 0 Å². The SMILES string of the molecule is Cc1cc(C(C)NS(=O)(=O)c2csc(C(=O)O)c2)c(C)o1. The van der Waals surface area contributed by atoms with Crippen LogP contribution >= 0.6 is 11.3 Å². The molecule has 0 bridgehead atoms. The molecule has 114 valence electrons. The summed E-state index contributed by atoms with van der Waals surface area (Å²) in [7, 11) is -3.77. The van der Waals surface area contributed by atoms with Crippen LogP contribution in [0.4, 0.5) is 0 Å². The second-order valence-corrected chi connectivity index (χ2v) is 7.29. The van der Waals surface area contributed by atoms with Gasteiger partial charge in [0.2, 0.25) is 10.0 Å². The molecule has 0 saturated heterocycles. The highest BCUT2D eigenvalue weighted by atomic mass is 32.2. The average Bonchev–Trinajstić information content (AvgIpc) is 2.95. The monoisotopic (exact) mass is 329 g/mol. The second-order valence-electron chi connectivity index (χ2n) is 4.66. The van der Waals surface area contributed by atoms with Gasteiger partial charge < -0.3 is 9.52 Å². The Morgan fingerprint density at radius 3 is 2.52 bits per heavy atom. The molecule has 2 rings (SSSR count). The molecule has 0 radical (unpaired) electrons. The van der Waals surface area contributed by atoms with Gasteiger partial charge in [0.15, 0.2) is 0 Å². The second kappa shape index (κ2) is 5.63. The van der Waals surface area contributed by atoms with Gasteiger partial charge in [-0.25, -0.2) is 17.9 Å². The van der Waals surface area contributed by atoms with Crippen LogP contribution in [0.5, 0.6) is 0 Å². The summed E-state index contributed by atoms with van der Waals surface area (Å²) in [5.41, 5.74) is 0.754. The van der Waals surface area contributed by atoms with Crippen molar-refractivity contribution in [3.63, 3.8) is 0 Å². The minimum Gasteiger partial charge on any atom is -0.477 e. The van der Waals surface area contributed by atoms with Crippen molar-refractivity contribution in [3.05, 3.63) is 39.5 Å². The zero-order chi connectivity index (χ0) is 15.8. The molecule has 2 aromatic rings. The Morgan fingerprint density at radius 1 is 1.38 bits per heavy atom. The summed E-state index contributed by atoms with van der Waals surface area (Å²) in [6, 6.07) is 2.45. The summed E-state index contributed by atoms with van der Waals surface area (Å²) in [5.74, 6) is 0.215. The van der Waals surface area contributed by atoms with Crippen molar-refractivity contribution < 1.29 is 22.7 Å². The van der Waals surface area contributed by atoms with E-state index >= 15 is 0 Å². The lowest BCUT2D eigenvalue weighted by Crippen LogP contribution is -2.26. The predicted molar refractivity (Wildman–Crippen MR) is 78.2 cm³/mol. The van der Waals surface area contributed by atoms with Gasteiger partial charge in [-0.1, -0.05) is 0 Å². The summed E-state index contributed by atoms with van der Waals surface area (Å²) < 4.78 is 32.4. The van der Waals surface area contributed by atoms with E-state index in [1.165, 1.54) is 5.38 Å². The third kappa shape index (κ3) is 3.34. The number of nitrogens with one attached hydrogen (secondary N) is 1. The van der Waals surface area contributed by atoms with Gasteiger partial charge in [0.1, 0.15) is 16.4 Å². The van der Waals surface area contributed by atoms with E-state index in [-0.39, 0.29) is 9.77 Å². The van der Waals surface area contributed by atoms with Gasteiger partial charge in [-0.3, -0.25) is 0 Å². The first-order chi connectivity index (χ1) is 9.70. The minimum absolute atomic E-state index is 0.0154. The van der Waals surface area contributed by atoms with Crippen LogP contribution in [0.25, 0.3) is 0 Å². The van der Waals surface area contributed by atoms with Gasteiger partial charge in [0.05, 0.1) is 4.90 Å². The topological polar surface area (TPSA) is 96.6 Å². The Kier molecular flexibility index (Phi) is 4.22. The van der Waals surface area contributed by atoms with Gasteiger partial charge in [0, 0.05) is 17.0 Å². The standard InChI is InChI=1S/C13H15NO5S2/c1-7-4-11(9(3)19-7)8(2)14-21(17,18)10-5-12(13(15)16)20-6-10/h4-6,8,14H,1-3H3,(H,15,16). The summed E-state index contributed by atoms with van der Waals surface area (Å²) in [5, 5.41) is 10.2. The molecule has 8 heteroatoms. The molecule has 2 N–H and O–H groups in total. The predicted octanol–water partition coefficient (Wildman–Crippen LogP) is 2.70. The van der Waals surface area contributed by atoms with Crippen LogP contribution in [0.1, 0.15) is 39.7 Å². The van der Waals surface area contributed by atoms with Crippen molar-refractivity contribution in [2.75, 3.05) is 0 Å². The molecule has 2 heterocycles. The van der Waals surface area contributed by atoms with Crippen LogP contribution in [0.2, 0.25) is 0 Å². The number of hydrogen-bond donors (Lipinski definition) is 2. The zero-order valence-corrected chi connectivity index (χ0v) is 13.3. The number of aromatic carboxylic acids is 1. The first-order valence-corrected chi connectivity index (χ1v) is 8.48. The number of furan rings is 1. The van der Waals surface area contributed by atoms with Crippen molar-refractivity contribution in [2.45, 2.75) is 31.7 Å². The van der Waals surface area contributed by atoms with Crippen LogP contribution in [-0.4, -0.2) is 19.5 Å². The van der Waals surface area contributed by atoms with Crippen molar-refractivity contribution in [1.82, 2.24) is 4.72 Å². The summed E-state index contributed by atoms with van der Waals surface area (Å²) in [6.45, 7) is 5.26. The molecule has 2 aromatic heterocycles. The fourth-order valence-electron chi connectivity index (χ4n) is 2.02. The lowest BCUT2D eigenvalue weighted by atomic mass is 10.1. The van der Waals surface area contributed by atoms with Crippen LogP contribution in [0, 0.1) is 13.8 Å². The Labute approximate surface area is 126 Å². The number of carboxylic acid groups (broad SMARTS) is 1. The highest BCUT2D eigenvalue weighted by molar-refractivity contribution is 7.89. The van der Waals surface area contributed by atoms with Crippen molar-refractivity contribution in [2.24, 2.45) is 0 Å². The maximum absolute atomic E-state index is 12.2. The Hall–Kier alpha value is -1.64. The molecule has 0 aliphatic heterocycles. The molecular weight excluding hydrogens is 314 g/mol. The molecule has 0 aliphatic rings. The fraction of sp³-hybridized carbons (Fsp3) is 0.308. The quantitative estimate of drug-likeness (QED) is 0.879. The Balaban J connectivity index is 2.24. The van der Waals surface area contributed by atoms with Gasteiger partial charge in [-0.05, 0) is 32.9 Å². The molecule has 0 aliphatic carbocycles. The molecule has 6 nitrogen and oxygen atoms in total. The van der Waals surface area contributed by atoms with Crippen LogP contribution < -0.4 is 4.72 Å². The molecule has 0 aromatic carbocycles. The van der Waals surface area contributed by atoms with E-state index in [4.69, 9.17) is 9.52 Å². The number of rotatable bonds is 5. The molecule has 0 spiro atoms. The van der Waals surface area contributed by atoms with Crippen LogP contribution in [-0.2, 0) is 10.0 Å². The number of aryl methyl sites for hydroxylation is 2. The van der Waals surface area contributed by atoms with Crippen molar-refractivity contribution in [3.8, 4) is 0 Å². The molecule has 1 atom stereocenters. The zero-order valence-electron chi connectivity index (χ0n) is 11.7. The van der Waals surface area contributed by atoms with Crippen molar-refractivity contribution >= 4 is 27.3 Å². The van der Waals surface area contributed by atoms with E-state index in [0.717, 1.165) is 23.0 Å². The smallest absolute Gasteiger partial charge is 0.345 e. The van der Waals surface area contributed by atoms with E-state index in [9.17, 15) is 13.2 Å². The largest absolute Gasteiger partial charge is 0.477 e. The number of thiophene rings is 1. The van der Waals surface area contributed by atoms with E-state index < -0.39 is 22.0 Å². The lowest BCUT2D eigenvalue weighted by molar-refractivity contribution is 0.0702. The maximum atomic E-state index is 12.2. The normalized spacial score (nSPS) is 13.3. The molecule has 0 fully saturated rings. The summed E-state index contributed by atoms with van der Waals surface area (Å²) >= 11 is 0.877. The molecule has 0 saturated carbocycles. The van der Waals surface area contributed by atoms with Crippen LogP contribution in [0.3, 0.4) is 0 Å². The third-order valence-corrected chi connectivity index (χ3v) is 5.56. The minimum atomic E-state index is -3.77. The van der Waals surface area contributed by atoms with E-state index in [0.29, 0.717) is 11.5 Å². The number of carbonyl (C=O) groups is 1. The van der Waals surface area contributed by atoms with E-state index in [1.54, 1.807) is 26.8 Å². The maximum Gasteiger partial charge on any atom is 0.345 e. The highest BCUT2D eigenvalue weighted by Crippen LogP contribution is 2.25. The number of carboxylic acids is 1. The van der Waals surface area contributed by atoms with E-state index in [1.807, 2.05) is 0 Å². The number of hydrogen-bond acceptors (Lipinski definition) is 5. The first kappa shape index (κ1) is 15.7. The summed E-state index contributed by atoms with van der Waals surface area (Å²) in [4.78, 5) is 10.8. The van der Waals surface area contributed by atoms with Gasteiger partial charge in [0.25, 0.3) is 0 Å². The van der Waals surface area contributed by atoms with Gasteiger partial charge in [-0.15, -0.1) is 11.3 Å². The fourth-order valence-corrected chi connectivity index (χ4v) is 4.35. The first-order valence-electron chi connectivity index (χ1n) is 6.12. The molecule has 1 unspecified atom stereocenters. The van der Waals surface area contributed by atoms with Crippen LogP contribution in [0.15, 0.2) is 26.8 Å². The van der Waals surface area contributed by atoms with Crippen molar-refractivity contribution in [1.29, 1.82) is 0 Å². The molecular formula is C13H15NO5S2. The highest BCUT2D eigenvalue weighted by Gasteiger charge is 2.23. The summed E-state index contributed by atoms with van der Waals surface area (Å²) in [6.07, 6.45) is 0. The van der Waals surface area contributed by atoms with Gasteiger partial charge >= 0.3 is 5.97 Å². The Morgan fingerprint density at radius 2 is 2.05 bits per heavy atom. The molecule has 0 amide bonds. The lowest BCUT2D eigenvalue weighted by Gasteiger charge is -2.12. The van der Waals surface area contributed by atoms with E-state index in [2.05, 4.69) is 4.72 Å². The third-order valence-electron chi connectivity index (χ3n) is 2.97. The Bertz CT molecular complexity index is 772. The molecule has 21 heavy (non-hydrogen) atoms.